The normalized spacial score (nSPS) is 12.0. The Labute approximate surface area is 156 Å². The van der Waals surface area contributed by atoms with Crippen LogP contribution in [-0.2, 0) is 7.05 Å². The van der Waals surface area contributed by atoms with Gasteiger partial charge < -0.3 is 4.57 Å². The van der Waals surface area contributed by atoms with E-state index in [4.69, 9.17) is 4.99 Å². The van der Waals surface area contributed by atoms with Crippen molar-refractivity contribution in [2.45, 2.75) is 17.0 Å². The molecule has 0 atom stereocenters. The average Bonchev–Trinajstić information content (AvgIpc) is 3.02. The first-order valence-electron chi connectivity index (χ1n) is 7.89. The molecule has 1 heterocycles. The van der Waals surface area contributed by atoms with Gasteiger partial charge in [-0.15, -0.1) is 0 Å². The zero-order valence-corrected chi connectivity index (χ0v) is 15.8. The Morgan fingerprint density at radius 3 is 2.52 bits per heavy atom. The van der Waals surface area contributed by atoms with Crippen molar-refractivity contribution in [2.24, 2.45) is 12.0 Å². The molecule has 0 saturated carbocycles. The number of aromatic nitrogens is 2. The summed E-state index contributed by atoms with van der Waals surface area (Å²) < 4.78 is 1.99. The lowest BCUT2D eigenvalue weighted by Crippen LogP contribution is -1.93. The van der Waals surface area contributed by atoms with Crippen LogP contribution >= 0.6 is 23.5 Å². The van der Waals surface area contributed by atoms with Crippen molar-refractivity contribution in [3.8, 4) is 0 Å². The molecule has 0 fully saturated rings. The van der Waals surface area contributed by atoms with E-state index in [-0.39, 0.29) is 0 Å². The van der Waals surface area contributed by atoms with E-state index < -0.39 is 0 Å². The van der Waals surface area contributed by atoms with Crippen LogP contribution in [0.4, 0.5) is 5.69 Å². The van der Waals surface area contributed by atoms with Gasteiger partial charge in [-0.3, -0.25) is 0 Å². The summed E-state index contributed by atoms with van der Waals surface area (Å²) in [7, 11) is 1.99. The molecule has 5 heteroatoms. The Morgan fingerprint density at radius 1 is 1.08 bits per heavy atom. The highest BCUT2D eigenvalue weighted by Gasteiger charge is 2.05. The maximum atomic E-state index is 4.77. The van der Waals surface area contributed by atoms with Crippen LogP contribution in [0.3, 0.4) is 0 Å². The summed E-state index contributed by atoms with van der Waals surface area (Å²) in [6.07, 6.45) is 5.78. The van der Waals surface area contributed by atoms with Crippen molar-refractivity contribution >= 4 is 34.3 Å². The standard InChI is InChI=1S/C20H19N3S2/c1-16-8-10-17(11-9-16)22-19(25-20-21-13-14-23(20)2)12-15-24-18-6-4-3-5-7-18/h3-15H,1-2H3. The fourth-order valence-electron chi connectivity index (χ4n) is 2.05. The predicted octanol–water partition coefficient (Wildman–Crippen LogP) is 5.86. The molecule has 0 spiro atoms. The largest absolute Gasteiger partial charge is 0.329 e. The Balaban J connectivity index is 1.80. The van der Waals surface area contributed by atoms with E-state index in [0.29, 0.717) is 0 Å². The van der Waals surface area contributed by atoms with E-state index in [9.17, 15) is 0 Å². The Morgan fingerprint density at radius 2 is 1.84 bits per heavy atom. The molecule has 25 heavy (non-hydrogen) atoms. The minimum atomic E-state index is 0.904. The summed E-state index contributed by atoms with van der Waals surface area (Å²) in [4.78, 5) is 10.4. The number of imidazole rings is 1. The molecule has 0 amide bonds. The van der Waals surface area contributed by atoms with Gasteiger partial charge in [0.15, 0.2) is 5.16 Å². The van der Waals surface area contributed by atoms with Crippen LogP contribution in [-0.4, -0.2) is 14.6 Å². The van der Waals surface area contributed by atoms with Gasteiger partial charge >= 0.3 is 0 Å². The van der Waals surface area contributed by atoms with E-state index in [1.54, 1.807) is 29.7 Å². The quantitative estimate of drug-likeness (QED) is 0.322. The molecule has 126 valence electrons. The van der Waals surface area contributed by atoms with E-state index in [0.717, 1.165) is 15.9 Å². The Kier molecular flexibility index (Phi) is 6.14. The molecule has 0 saturated heterocycles. The maximum Gasteiger partial charge on any atom is 0.174 e. The first-order valence-corrected chi connectivity index (χ1v) is 9.59. The third kappa shape index (κ3) is 5.37. The fraction of sp³-hybridized carbons (Fsp3) is 0.100. The van der Waals surface area contributed by atoms with Crippen molar-refractivity contribution < 1.29 is 0 Å². The van der Waals surface area contributed by atoms with Gasteiger partial charge in [-0.2, -0.15) is 0 Å². The second-order valence-corrected chi connectivity index (χ2v) is 7.41. The lowest BCUT2D eigenvalue weighted by atomic mass is 10.2. The van der Waals surface area contributed by atoms with E-state index in [1.807, 2.05) is 54.2 Å². The Bertz CT molecular complexity index is 865. The Hall–Kier alpha value is -2.24. The van der Waals surface area contributed by atoms with Crippen LogP contribution < -0.4 is 0 Å². The molecule has 0 radical (unpaired) electrons. The first kappa shape index (κ1) is 17.6. The lowest BCUT2D eigenvalue weighted by molar-refractivity contribution is 0.793. The number of aryl methyl sites for hydroxylation is 2. The van der Waals surface area contributed by atoms with E-state index >= 15 is 0 Å². The highest BCUT2D eigenvalue weighted by Crippen LogP contribution is 2.24. The highest BCUT2D eigenvalue weighted by molar-refractivity contribution is 8.14. The summed E-state index contributed by atoms with van der Waals surface area (Å²) in [5.74, 6) is 0. The zero-order valence-electron chi connectivity index (χ0n) is 14.2. The molecule has 3 rings (SSSR count). The van der Waals surface area contributed by atoms with Gasteiger partial charge in [-0.05, 0) is 54.4 Å². The second kappa shape index (κ2) is 8.74. The van der Waals surface area contributed by atoms with Crippen LogP contribution in [0.25, 0.3) is 0 Å². The van der Waals surface area contributed by atoms with E-state index in [1.165, 1.54) is 10.5 Å². The summed E-state index contributed by atoms with van der Waals surface area (Å²) in [6.45, 7) is 2.08. The van der Waals surface area contributed by atoms with Crippen molar-refractivity contribution in [2.75, 3.05) is 0 Å². The number of hydrogen-bond donors (Lipinski definition) is 0. The molecule has 3 nitrogen and oxygen atoms in total. The number of benzene rings is 2. The van der Waals surface area contributed by atoms with Crippen molar-refractivity contribution in [3.05, 3.63) is 84.0 Å². The van der Waals surface area contributed by atoms with Crippen molar-refractivity contribution in [1.82, 2.24) is 9.55 Å². The number of rotatable bonds is 5. The predicted molar refractivity (Wildman–Crippen MR) is 109 cm³/mol. The van der Waals surface area contributed by atoms with Gasteiger partial charge in [-0.25, -0.2) is 9.98 Å². The minimum absolute atomic E-state index is 0.904. The molecule has 3 aromatic rings. The molecular weight excluding hydrogens is 346 g/mol. The van der Waals surface area contributed by atoms with Gasteiger partial charge in [0, 0.05) is 24.3 Å². The highest BCUT2D eigenvalue weighted by atomic mass is 32.2. The number of nitrogens with zero attached hydrogens (tertiary/aromatic N) is 3. The number of hydrogen-bond acceptors (Lipinski definition) is 4. The lowest BCUT2D eigenvalue weighted by Gasteiger charge is -2.03. The van der Waals surface area contributed by atoms with Gasteiger partial charge in [0.2, 0.25) is 0 Å². The smallest absolute Gasteiger partial charge is 0.174 e. The molecule has 0 unspecified atom stereocenters. The number of thioether (sulfide) groups is 2. The molecule has 2 aromatic carbocycles. The van der Waals surface area contributed by atoms with Gasteiger partial charge in [0.1, 0.15) is 5.04 Å². The molecule has 1 aromatic heterocycles. The minimum Gasteiger partial charge on any atom is -0.329 e. The van der Waals surface area contributed by atoms with Crippen molar-refractivity contribution in [3.63, 3.8) is 0 Å². The summed E-state index contributed by atoms with van der Waals surface area (Å²) in [5, 5.41) is 3.89. The average molecular weight is 366 g/mol. The SMILES string of the molecule is Cc1ccc(N=C(C=CSc2ccccc2)Sc2nccn2C)cc1. The molecule has 0 bridgehead atoms. The zero-order chi connectivity index (χ0) is 17.5. The maximum absolute atomic E-state index is 4.77. The molecular formula is C20H19N3S2. The van der Waals surface area contributed by atoms with Crippen LogP contribution in [0.1, 0.15) is 5.56 Å². The van der Waals surface area contributed by atoms with Gasteiger partial charge in [-0.1, -0.05) is 47.7 Å². The molecule has 0 aliphatic rings. The van der Waals surface area contributed by atoms with Crippen LogP contribution in [0.15, 0.2) is 93.5 Å². The van der Waals surface area contributed by atoms with Crippen LogP contribution in [0.5, 0.6) is 0 Å². The van der Waals surface area contributed by atoms with Gasteiger partial charge in [0.05, 0.1) is 5.69 Å². The van der Waals surface area contributed by atoms with Crippen LogP contribution in [0.2, 0.25) is 0 Å². The number of aliphatic imine (C=N–C) groups is 1. The summed E-state index contributed by atoms with van der Waals surface area (Å²) in [6, 6.07) is 18.5. The van der Waals surface area contributed by atoms with E-state index in [2.05, 4.69) is 41.6 Å². The second-order valence-electron chi connectivity index (χ2n) is 5.44. The molecule has 0 aliphatic heterocycles. The van der Waals surface area contributed by atoms with Gasteiger partial charge in [0.25, 0.3) is 0 Å². The molecule has 0 N–H and O–H groups in total. The summed E-state index contributed by atoms with van der Waals surface area (Å²) >= 11 is 3.23. The van der Waals surface area contributed by atoms with Crippen LogP contribution in [0, 0.1) is 6.92 Å². The first-order chi connectivity index (χ1) is 12.2. The third-order valence-electron chi connectivity index (χ3n) is 3.40. The summed E-state index contributed by atoms with van der Waals surface area (Å²) in [5.41, 5.74) is 2.17. The third-order valence-corrected chi connectivity index (χ3v) is 5.23. The topological polar surface area (TPSA) is 30.2 Å². The monoisotopic (exact) mass is 365 g/mol. The fourth-order valence-corrected chi connectivity index (χ4v) is 3.60. The van der Waals surface area contributed by atoms with Crippen molar-refractivity contribution in [1.29, 1.82) is 0 Å². The molecule has 0 aliphatic carbocycles.